The number of anilines is 1. The predicted octanol–water partition coefficient (Wildman–Crippen LogP) is 1.56. The minimum absolute atomic E-state index is 0.0252. The number of rotatable bonds is 4. The number of nitro benzene ring substituents is 1. The van der Waals surface area contributed by atoms with E-state index in [0.29, 0.717) is 30.4 Å². The number of benzene rings is 1. The maximum absolute atomic E-state index is 11.1. The molecule has 1 aliphatic heterocycles. The highest BCUT2D eigenvalue weighted by molar-refractivity contribution is 5.67. The Morgan fingerprint density at radius 1 is 1.47 bits per heavy atom. The summed E-state index contributed by atoms with van der Waals surface area (Å²) >= 11 is 0. The second-order valence-electron chi connectivity index (χ2n) is 5.35. The Morgan fingerprint density at radius 3 is 2.68 bits per heavy atom. The Balaban J connectivity index is 1.83. The molecule has 1 heterocycles. The molecule has 19 heavy (non-hydrogen) atoms. The van der Waals surface area contributed by atoms with Gasteiger partial charge in [-0.15, -0.1) is 0 Å². The highest BCUT2D eigenvalue weighted by atomic mass is 16.6. The summed E-state index contributed by atoms with van der Waals surface area (Å²) in [5, 5.41) is 21.4. The van der Waals surface area contributed by atoms with E-state index in [2.05, 4.69) is 0 Å². The molecule has 1 saturated heterocycles. The predicted molar refractivity (Wildman–Crippen MR) is 69.5 cm³/mol. The molecule has 2 aliphatic rings. The molecule has 0 radical (unpaired) electrons. The van der Waals surface area contributed by atoms with E-state index < -0.39 is 10.5 Å². The maximum Gasteiger partial charge on any atom is 0.296 e. The zero-order valence-corrected chi connectivity index (χ0v) is 10.7. The second-order valence-corrected chi connectivity index (χ2v) is 5.35. The lowest BCUT2D eigenvalue weighted by Crippen LogP contribution is -2.63. The zero-order chi connectivity index (χ0) is 13.6. The van der Waals surface area contributed by atoms with Crippen LogP contribution in [0.4, 0.5) is 11.4 Å². The summed E-state index contributed by atoms with van der Waals surface area (Å²) in [5.74, 6) is 0.842. The summed E-state index contributed by atoms with van der Waals surface area (Å²) < 4.78 is 5.01. The van der Waals surface area contributed by atoms with Gasteiger partial charge in [0.2, 0.25) is 0 Å². The third-order valence-corrected chi connectivity index (χ3v) is 3.99. The van der Waals surface area contributed by atoms with E-state index in [-0.39, 0.29) is 5.69 Å². The minimum Gasteiger partial charge on any atom is -0.496 e. The quantitative estimate of drug-likeness (QED) is 0.659. The first-order valence-electron chi connectivity index (χ1n) is 6.33. The van der Waals surface area contributed by atoms with E-state index in [1.54, 1.807) is 12.1 Å². The number of nitro groups is 1. The fourth-order valence-electron chi connectivity index (χ4n) is 2.71. The lowest BCUT2D eigenvalue weighted by molar-refractivity contribution is -0.384. The molecule has 1 N–H and O–H groups in total. The highest BCUT2D eigenvalue weighted by Gasteiger charge is 2.52. The second kappa shape index (κ2) is 4.09. The fraction of sp³-hybridized carbons (Fsp3) is 0.538. The van der Waals surface area contributed by atoms with E-state index >= 15 is 0 Å². The molecular weight excluding hydrogens is 248 g/mol. The average molecular weight is 264 g/mol. The van der Waals surface area contributed by atoms with Gasteiger partial charge in [-0.25, -0.2) is 0 Å². The Labute approximate surface area is 110 Å². The molecule has 0 atom stereocenters. The number of aliphatic hydroxyl groups is 1. The van der Waals surface area contributed by atoms with Crippen molar-refractivity contribution in [3.8, 4) is 5.75 Å². The fourth-order valence-corrected chi connectivity index (χ4v) is 2.71. The molecule has 102 valence electrons. The number of methoxy groups -OCH3 is 1. The molecule has 0 aromatic heterocycles. The van der Waals surface area contributed by atoms with Crippen molar-refractivity contribution in [1.29, 1.82) is 0 Å². The van der Waals surface area contributed by atoms with Crippen molar-refractivity contribution < 1.29 is 14.8 Å². The molecule has 3 rings (SSSR count). The molecule has 1 aromatic carbocycles. The number of hydrogen-bond acceptors (Lipinski definition) is 5. The van der Waals surface area contributed by atoms with Gasteiger partial charge < -0.3 is 14.7 Å². The van der Waals surface area contributed by atoms with E-state index in [9.17, 15) is 15.2 Å². The summed E-state index contributed by atoms with van der Waals surface area (Å²) in [6.45, 7) is 0.954. The first-order valence-corrected chi connectivity index (χ1v) is 6.33. The van der Waals surface area contributed by atoms with Crippen LogP contribution in [0.1, 0.15) is 12.8 Å². The average Bonchev–Trinajstić information content (AvgIpc) is 3.18. The Kier molecular flexibility index (Phi) is 2.63. The van der Waals surface area contributed by atoms with Crippen LogP contribution >= 0.6 is 0 Å². The molecule has 6 nitrogen and oxygen atoms in total. The number of hydrogen-bond donors (Lipinski definition) is 1. The van der Waals surface area contributed by atoms with Crippen LogP contribution in [0.3, 0.4) is 0 Å². The van der Waals surface area contributed by atoms with Gasteiger partial charge in [0, 0.05) is 13.1 Å². The molecule has 0 amide bonds. The van der Waals surface area contributed by atoms with Crippen LogP contribution in [-0.2, 0) is 0 Å². The summed E-state index contributed by atoms with van der Waals surface area (Å²) in [6, 6.07) is 4.81. The van der Waals surface area contributed by atoms with Crippen LogP contribution in [0.15, 0.2) is 18.2 Å². The highest BCUT2D eigenvalue weighted by Crippen LogP contribution is 2.47. The normalized spacial score (nSPS) is 20.8. The first-order chi connectivity index (χ1) is 9.03. The molecule has 6 heteroatoms. The van der Waals surface area contributed by atoms with Gasteiger partial charge >= 0.3 is 0 Å². The molecule has 0 bridgehead atoms. The van der Waals surface area contributed by atoms with Crippen molar-refractivity contribution in [2.45, 2.75) is 18.4 Å². The van der Waals surface area contributed by atoms with Gasteiger partial charge in [0.05, 0.1) is 18.1 Å². The topological polar surface area (TPSA) is 75.8 Å². The zero-order valence-electron chi connectivity index (χ0n) is 10.7. The van der Waals surface area contributed by atoms with Gasteiger partial charge in [-0.2, -0.15) is 0 Å². The summed E-state index contributed by atoms with van der Waals surface area (Å²) in [7, 11) is 1.48. The van der Waals surface area contributed by atoms with Crippen LogP contribution in [0.2, 0.25) is 0 Å². The van der Waals surface area contributed by atoms with Gasteiger partial charge in [0.1, 0.15) is 17.0 Å². The monoisotopic (exact) mass is 264 g/mol. The van der Waals surface area contributed by atoms with Gasteiger partial charge in [-0.1, -0.05) is 0 Å². The van der Waals surface area contributed by atoms with Crippen LogP contribution in [-0.4, -0.2) is 35.8 Å². The number of ether oxygens (including phenoxy) is 1. The van der Waals surface area contributed by atoms with Crippen LogP contribution in [0.5, 0.6) is 5.75 Å². The molecule has 2 fully saturated rings. The Bertz CT molecular complexity index is 521. The van der Waals surface area contributed by atoms with E-state index in [4.69, 9.17) is 4.74 Å². The molecule has 1 saturated carbocycles. The van der Waals surface area contributed by atoms with Crippen molar-refractivity contribution in [1.82, 2.24) is 0 Å². The van der Waals surface area contributed by atoms with Crippen molar-refractivity contribution in [2.75, 3.05) is 25.1 Å². The molecule has 1 aliphatic carbocycles. The van der Waals surface area contributed by atoms with Crippen molar-refractivity contribution >= 4 is 11.4 Å². The molecule has 0 unspecified atom stereocenters. The van der Waals surface area contributed by atoms with Gasteiger partial charge in [-0.3, -0.25) is 10.1 Å². The van der Waals surface area contributed by atoms with Gasteiger partial charge in [0.25, 0.3) is 5.69 Å². The lowest BCUT2D eigenvalue weighted by atomic mass is 9.88. The summed E-state index contributed by atoms with van der Waals surface area (Å²) in [6.07, 6.45) is 2.13. The van der Waals surface area contributed by atoms with Crippen molar-refractivity contribution in [3.63, 3.8) is 0 Å². The van der Waals surface area contributed by atoms with E-state index in [1.807, 2.05) is 4.90 Å². The molecule has 0 spiro atoms. The van der Waals surface area contributed by atoms with Gasteiger partial charge in [-0.05, 0) is 30.9 Å². The van der Waals surface area contributed by atoms with Crippen molar-refractivity contribution in [3.05, 3.63) is 28.3 Å². The van der Waals surface area contributed by atoms with E-state index in [0.717, 1.165) is 12.8 Å². The SMILES string of the molecule is COc1ccc(N2CC(O)(C3CC3)C2)c([N+](=O)[O-])c1. The third kappa shape index (κ3) is 2.02. The lowest BCUT2D eigenvalue weighted by Gasteiger charge is -2.48. The number of β-amino-alcohol motifs (C(OH)–C–C–N with tert-alkyl or cyclic N) is 1. The Morgan fingerprint density at radius 2 is 2.16 bits per heavy atom. The largest absolute Gasteiger partial charge is 0.496 e. The first kappa shape index (κ1) is 12.2. The van der Waals surface area contributed by atoms with E-state index in [1.165, 1.54) is 13.2 Å². The number of nitrogens with zero attached hydrogens (tertiary/aromatic N) is 2. The summed E-state index contributed by atoms with van der Waals surface area (Å²) in [4.78, 5) is 12.5. The van der Waals surface area contributed by atoms with Crippen LogP contribution in [0, 0.1) is 16.0 Å². The molecule has 1 aromatic rings. The maximum atomic E-state index is 11.1. The van der Waals surface area contributed by atoms with Gasteiger partial charge in [0.15, 0.2) is 0 Å². The van der Waals surface area contributed by atoms with Crippen LogP contribution < -0.4 is 9.64 Å². The minimum atomic E-state index is -0.645. The molecular formula is C13H16N2O4. The Hall–Kier alpha value is -1.82. The summed E-state index contributed by atoms with van der Waals surface area (Å²) in [5.41, 5.74) is -0.0679. The van der Waals surface area contributed by atoms with Crippen LogP contribution in [0.25, 0.3) is 0 Å². The standard InChI is InChI=1S/C13H16N2O4/c1-19-10-4-5-11(12(6-10)15(17)18)14-7-13(16,8-14)9-2-3-9/h4-6,9,16H,2-3,7-8H2,1H3. The smallest absolute Gasteiger partial charge is 0.296 e. The van der Waals surface area contributed by atoms with Crippen molar-refractivity contribution in [2.24, 2.45) is 5.92 Å². The third-order valence-electron chi connectivity index (χ3n) is 3.99.